The molecule has 2 N–H and O–H groups in total. The highest BCUT2D eigenvalue weighted by Gasteiger charge is 2.37. The summed E-state index contributed by atoms with van der Waals surface area (Å²) in [6.07, 6.45) is 1.31. The molecule has 1 aliphatic rings. The molecule has 4 nitrogen and oxygen atoms in total. The van der Waals surface area contributed by atoms with Crippen LogP contribution < -0.4 is 4.72 Å². The van der Waals surface area contributed by atoms with Crippen molar-refractivity contribution in [3.8, 4) is 0 Å². The summed E-state index contributed by atoms with van der Waals surface area (Å²) >= 11 is 0. The van der Waals surface area contributed by atoms with Crippen LogP contribution in [0.1, 0.15) is 23.1 Å². The topological polar surface area (TPSA) is 66.4 Å². The quantitative estimate of drug-likeness (QED) is 0.885. The number of hydrogen-bond donors (Lipinski definition) is 2. The van der Waals surface area contributed by atoms with Crippen molar-refractivity contribution in [3.05, 3.63) is 71.3 Å². The molecule has 0 aromatic heterocycles. The van der Waals surface area contributed by atoms with Crippen LogP contribution in [0.3, 0.4) is 0 Å². The molecule has 5 heteroatoms. The van der Waals surface area contributed by atoms with Crippen LogP contribution in [0.15, 0.2) is 54.6 Å². The molecule has 2 aromatic rings. The smallest absolute Gasteiger partial charge is 0.215 e. The molecular formula is C17H19NO3S. The average molecular weight is 317 g/mol. The maximum absolute atomic E-state index is 12.2. The molecule has 0 saturated carbocycles. The monoisotopic (exact) mass is 317 g/mol. The predicted octanol–water partition coefficient (Wildman–Crippen LogP) is 1.94. The molecular weight excluding hydrogens is 298 g/mol. The average Bonchev–Trinajstić information content (AvgIpc) is 2.85. The van der Waals surface area contributed by atoms with Crippen molar-refractivity contribution in [2.75, 3.05) is 6.54 Å². The fourth-order valence-electron chi connectivity index (χ4n) is 2.93. The Morgan fingerprint density at radius 3 is 2.50 bits per heavy atom. The molecule has 1 atom stereocenters. The van der Waals surface area contributed by atoms with Gasteiger partial charge in [0.25, 0.3) is 0 Å². The first kappa shape index (κ1) is 15.2. The lowest BCUT2D eigenvalue weighted by atomic mass is 9.96. The summed E-state index contributed by atoms with van der Waals surface area (Å²) in [4.78, 5) is 0. The van der Waals surface area contributed by atoms with Crippen LogP contribution in [0.2, 0.25) is 0 Å². The normalized spacial score (nSPS) is 20.8. The Labute approximate surface area is 130 Å². The lowest BCUT2D eigenvalue weighted by Gasteiger charge is -2.24. The molecule has 116 valence electrons. The van der Waals surface area contributed by atoms with Crippen molar-refractivity contribution in [3.63, 3.8) is 0 Å². The Balaban J connectivity index is 1.70. The van der Waals surface area contributed by atoms with E-state index in [1.807, 2.05) is 42.5 Å². The zero-order valence-electron chi connectivity index (χ0n) is 12.2. The van der Waals surface area contributed by atoms with E-state index in [2.05, 4.69) is 4.72 Å². The Bertz CT molecular complexity index is 758. The van der Waals surface area contributed by atoms with E-state index in [4.69, 9.17) is 0 Å². The zero-order chi connectivity index (χ0) is 15.6. The Morgan fingerprint density at radius 1 is 1.05 bits per heavy atom. The summed E-state index contributed by atoms with van der Waals surface area (Å²) in [5.41, 5.74) is 1.54. The van der Waals surface area contributed by atoms with Crippen LogP contribution >= 0.6 is 0 Å². The minimum absolute atomic E-state index is 0.0131. The maximum Gasteiger partial charge on any atom is 0.215 e. The zero-order valence-corrected chi connectivity index (χ0v) is 13.0. The van der Waals surface area contributed by atoms with Crippen LogP contribution in [0.25, 0.3) is 0 Å². The molecule has 0 heterocycles. The molecule has 1 aliphatic carbocycles. The fraction of sp³-hybridized carbons (Fsp3) is 0.294. The van der Waals surface area contributed by atoms with Gasteiger partial charge in [-0.05, 0) is 29.5 Å². The number of aryl methyl sites for hydroxylation is 1. The van der Waals surface area contributed by atoms with Crippen molar-refractivity contribution in [1.82, 2.24) is 4.72 Å². The molecule has 22 heavy (non-hydrogen) atoms. The first-order chi connectivity index (χ1) is 10.5. The van der Waals surface area contributed by atoms with E-state index in [1.54, 1.807) is 12.1 Å². The molecule has 0 aliphatic heterocycles. The van der Waals surface area contributed by atoms with Gasteiger partial charge in [-0.1, -0.05) is 54.6 Å². The predicted molar refractivity (Wildman–Crippen MR) is 85.7 cm³/mol. The number of benzene rings is 2. The van der Waals surface area contributed by atoms with E-state index in [9.17, 15) is 13.5 Å². The lowest BCUT2D eigenvalue weighted by Crippen LogP contribution is -2.39. The summed E-state index contributed by atoms with van der Waals surface area (Å²) in [7, 11) is -3.47. The van der Waals surface area contributed by atoms with Gasteiger partial charge in [-0.15, -0.1) is 0 Å². The standard InChI is InChI=1S/C17H19NO3S/c19-17(11-10-15-8-4-5-9-16(15)17)13-18-22(20,21)12-14-6-2-1-3-7-14/h1-9,18-19H,10-13H2. The number of sulfonamides is 1. The second kappa shape index (κ2) is 5.83. The summed E-state index contributed by atoms with van der Waals surface area (Å²) in [5.74, 6) is -0.0778. The Morgan fingerprint density at radius 2 is 1.73 bits per heavy atom. The van der Waals surface area contributed by atoms with E-state index in [-0.39, 0.29) is 12.3 Å². The molecule has 0 spiro atoms. The van der Waals surface area contributed by atoms with Crippen LogP contribution in [0, 0.1) is 0 Å². The fourth-order valence-corrected chi connectivity index (χ4v) is 4.12. The van der Waals surface area contributed by atoms with Gasteiger partial charge in [-0.3, -0.25) is 0 Å². The molecule has 0 bridgehead atoms. The third-order valence-electron chi connectivity index (χ3n) is 4.11. The van der Waals surface area contributed by atoms with E-state index in [0.717, 1.165) is 23.1 Å². The third-order valence-corrected chi connectivity index (χ3v) is 5.41. The van der Waals surface area contributed by atoms with Gasteiger partial charge in [-0.2, -0.15) is 0 Å². The molecule has 2 aromatic carbocycles. The molecule has 0 radical (unpaired) electrons. The number of rotatable bonds is 5. The molecule has 0 saturated heterocycles. The van der Waals surface area contributed by atoms with Crippen molar-refractivity contribution < 1.29 is 13.5 Å². The van der Waals surface area contributed by atoms with Gasteiger partial charge in [-0.25, -0.2) is 13.1 Å². The van der Waals surface area contributed by atoms with Crippen molar-refractivity contribution in [1.29, 1.82) is 0 Å². The van der Waals surface area contributed by atoms with Crippen LogP contribution in [0.5, 0.6) is 0 Å². The molecule has 0 amide bonds. The first-order valence-electron chi connectivity index (χ1n) is 7.31. The van der Waals surface area contributed by atoms with Crippen LogP contribution in [0.4, 0.5) is 0 Å². The largest absolute Gasteiger partial charge is 0.384 e. The van der Waals surface area contributed by atoms with Crippen molar-refractivity contribution in [2.24, 2.45) is 0 Å². The SMILES string of the molecule is O=S(=O)(Cc1ccccc1)NCC1(O)CCc2ccccc21. The summed E-state index contributed by atoms with van der Waals surface area (Å²) in [5, 5.41) is 10.7. The van der Waals surface area contributed by atoms with Crippen LogP contribution in [-0.4, -0.2) is 20.1 Å². The van der Waals surface area contributed by atoms with E-state index in [0.29, 0.717) is 6.42 Å². The number of nitrogens with one attached hydrogen (secondary N) is 1. The first-order valence-corrected chi connectivity index (χ1v) is 8.96. The summed E-state index contributed by atoms with van der Waals surface area (Å²) in [6.45, 7) is 0.0131. The minimum atomic E-state index is -3.47. The van der Waals surface area contributed by atoms with E-state index < -0.39 is 15.6 Å². The van der Waals surface area contributed by atoms with Crippen molar-refractivity contribution >= 4 is 10.0 Å². The van der Waals surface area contributed by atoms with Gasteiger partial charge in [0.15, 0.2) is 0 Å². The van der Waals surface area contributed by atoms with Gasteiger partial charge < -0.3 is 5.11 Å². The second-order valence-electron chi connectivity index (χ2n) is 5.75. The summed E-state index contributed by atoms with van der Waals surface area (Å²) < 4.78 is 26.9. The number of hydrogen-bond acceptors (Lipinski definition) is 3. The van der Waals surface area contributed by atoms with E-state index in [1.165, 1.54) is 0 Å². The molecule has 3 rings (SSSR count). The van der Waals surface area contributed by atoms with Gasteiger partial charge in [0, 0.05) is 6.54 Å². The number of fused-ring (bicyclic) bond motifs is 1. The Hall–Kier alpha value is -1.69. The van der Waals surface area contributed by atoms with Gasteiger partial charge in [0.1, 0.15) is 5.60 Å². The maximum atomic E-state index is 12.2. The van der Waals surface area contributed by atoms with Gasteiger partial charge in [0.05, 0.1) is 5.75 Å². The van der Waals surface area contributed by atoms with Gasteiger partial charge >= 0.3 is 0 Å². The number of aliphatic hydroxyl groups is 1. The van der Waals surface area contributed by atoms with E-state index >= 15 is 0 Å². The summed E-state index contributed by atoms with van der Waals surface area (Å²) in [6, 6.07) is 16.7. The molecule has 0 fully saturated rings. The minimum Gasteiger partial charge on any atom is -0.384 e. The lowest BCUT2D eigenvalue weighted by molar-refractivity contribution is 0.0442. The van der Waals surface area contributed by atoms with Crippen molar-refractivity contribution in [2.45, 2.75) is 24.2 Å². The van der Waals surface area contributed by atoms with Crippen LogP contribution in [-0.2, 0) is 27.8 Å². The van der Waals surface area contributed by atoms with Gasteiger partial charge in [0.2, 0.25) is 10.0 Å². The Kier molecular flexibility index (Phi) is 4.04. The second-order valence-corrected chi connectivity index (χ2v) is 7.56. The highest BCUT2D eigenvalue weighted by Crippen LogP contribution is 2.36. The highest BCUT2D eigenvalue weighted by atomic mass is 32.2. The highest BCUT2D eigenvalue weighted by molar-refractivity contribution is 7.88. The molecule has 1 unspecified atom stereocenters. The third kappa shape index (κ3) is 3.21.